The highest BCUT2D eigenvalue weighted by Gasteiger charge is 2.44. The van der Waals surface area contributed by atoms with E-state index in [-0.39, 0.29) is 25.3 Å². The van der Waals surface area contributed by atoms with Crippen molar-refractivity contribution in [2.24, 2.45) is 5.41 Å². The Bertz CT molecular complexity index is 853. The Kier molecular flexibility index (Phi) is 10.1. The number of aliphatic hydroxyl groups is 1. The molecule has 0 saturated heterocycles. The molecular formula is C20H29NO9S. The Labute approximate surface area is 181 Å². The van der Waals surface area contributed by atoms with Crippen LogP contribution in [0.25, 0.3) is 0 Å². The van der Waals surface area contributed by atoms with Gasteiger partial charge in [-0.05, 0) is 12.0 Å². The summed E-state index contributed by atoms with van der Waals surface area (Å²) in [5.74, 6) is -3.01. The maximum Gasteiger partial charge on any atom is 0.333 e. The van der Waals surface area contributed by atoms with Gasteiger partial charge in [-0.1, -0.05) is 44.2 Å². The van der Waals surface area contributed by atoms with Crippen molar-refractivity contribution >= 4 is 28.0 Å². The summed E-state index contributed by atoms with van der Waals surface area (Å²) < 4.78 is 35.0. The number of carboxylic acid groups (broad SMARTS) is 1. The number of ether oxygens (including phenoxy) is 1. The number of amides is 1. The second-order valence-electron chi connectivity index (χ2n) is 7.59. The number of benzene rings is 1. The van der Waals surface area contributed by atoms with Gasteiger partial charge in [0.2, 0.25) is 5.91 Å². The highest BCUT2D eigenvalue weighted by Crippen LogP contribution is 2.30. The molecule has 0 aromatic heterocycles. The summed E-state index contributed by atoms with van der Waals surface area (Å²) >= 11 is 0. The van der Waals surface area contributed by atoms with Crippen LogP contribution < -0.4 is 5.32 Å². The number of hydrogen-bond acceptors (Lipinski definition) is 8. The summed E-state index contributed by atoms with van der Waals surface area (Å²) in [6.45, 7) is 3.42. The van der Waals surface area contributed by atoms with Crippen molar-refractivity contribution in [2.75, 3.05) is 18.9 Å². The summed E-state index contributed by atoms with van der Waals surface area (Å²) in [6, 6.07) is 8.70. The monoisotopic (exact) mass is 459 g/mol. The van der Waals surface area contributed by atoms with Crippen LogP contribution in [0.3, 0.4) is 0 Å². The van der Waals surface area contributed by atoms with Crippen LogP contribution in [0.4, 0.5) is 0 Å². The second kappa shape index (κ2) is 11.8. The maximum absolute atomic E-state index is 12.4. The zero-order chi connectivity index (χ0) is 23.7. The molecule has 1 aromatic carbocycles. The molecule has 174 valence electrons. The van der Waals surface area contributed by atoms with Gasteiger partial charge < -0.3 is 20.3 Å². The third kappa shape index (κ3) is 9.45. The van der Waals surface area contributed by atoms with Crippen molar-refractivity contribution in [3.63, 3.8) is 0 Å². The number of aliphatic hydroxyl groups excluding tert-OH is 1. The van der Waals surface area contributed by atoms with E-state index in [0.717, 1.165) is 0 Å². The van der Waals surface area contributed by atoms with Crippen molar-refractivity contribution in [1.82, 2.24) is 5.32 Å². The van der Waals surface area contributed by atoms with Crippen LogP contribution in [0.15, 0.2) is 30.3 Å². The van der Waals surface area contributed by atoms with Gasteiger partial charge >= 0.3 is 11.9 Å². The second-order valence-corrected chi connectivity index (χ2v) is 9.31. The molecule has 0 bridgehead atoms. The molecule has 0 aliphatic heterocycles. The first-order chi connectivity index (χ1) is 14.3. The molecule has 1 aromatic rings. The Morgan fingerprint density at radius 2 is 1.77 bits per heavy atom. The molecule has 10 nitrogen and oxygen atoms in total. The Hall–Kier alpha value is -2.50. The molecule has 0 radical (unpaired) electrons. The summed E-state index contributed by atoms with van der Waals surface area (Å²) in [5, 5.41) is 21.6. The predicted octanol–water partition coefficient (Wildman–Crippen LogP) is 0.485. The number of nitrogens with one attached hydrogen (secondary N) is 1. The molecule has 11 heteroatoms. The number of carboxylic acids is 1. The molecule has 0 aliphatic carbocycles. The molecule has 1 rings (SSSR count). The zero-order valence-corrected chi connectivity index (χ0v) is 18.6. The minimum atomic E-state index is -4.17. The average Bonchev–Trinajstić information content (AvgIpc) is 2.68. The lowest BCUT2D eigenvalue weighted by molar-refractivity contribution is -0.162. The van der Waals surface area contributed by atoms with E-state index in [0.29, 0.717) is 5.56 Å². The fourth-order valence-electron chi connectivity index (χ4n) is 2.58. The van der Waals surface area contributed by atoms with Gasteiger partial charge in [-0.2, -0.15) is 8.42 Å². The third-order valence-corrected chi connectivity index (χ3v) is 5.88. The van der Waals surface area contributed by atoms with E-state index in [1.165, 1.54) is 20.8 Å². The molecule has 0 saturated carbocycles. The summed E-state index contributed by atoms with van der Waals surface area (Å²) in [5.41, 5.74) is -0.927. The number of rotatable bonds is 13. The Balaban J connectivity index is 2.86. The van der Waals surface area contributed by atoms with Gasteiger partial charge in [-0.15, -0.1) is 0 Å². The molecule has 0 spiro atoms. The van der Waals surface area contributed by atoms with E-state index in [1.54, 1.807) is 30.3 Å². The van der Waals surface area contributed by atoms with Crippen molar-refractivity contribution in [2.45, 2.75) is 45.8 Å². The van der Waals surface area contributed by atoms with Crippen molar-refractivity contribution in [1.29, 1.82) is 0 Å². The largest absolute Gasteiger partial charge is 0.479 e. The minimum absolute atomic E-state index is 0.0599. The summed E-state index contributed by atoms with van der Waals surface area (Å²) in [7, 11) is -4.17. The number of carbonyl (C=O) groups is 3. The van der Waals surface area contributed by atoms with Crippen molar-refractivity contribution in [3.05, 3.63) is 35.9 Å². The fraction of sp³-hybridized carbons (Fsp3) is 0.550. The van der Waals surface area contributed by atoms with Crippen LogP contribution >= 0.6 is 0 Å². The first-order valence-electron chi connectivity index (χ1n) is 9.61. The van der Waals surface area contributed by atoms with E-state index in [9.17, 15) is 27.9 Å². The number of carbonyl (C=O) groups excluding carboxylic acids is 2. The molecule has 31 heavy (non-hydrogen) atoms. The molecule has 3 N–H and O–H groups in total. The van der Waals surface area contributed by atoms with Crippen LogP contribution in [-0.4, -0.2) is 67.6 Å². The molecule has 1 unspecified atom stereocenters. The highest BCUT2D eigenvalue weighted by molar-refractivity contribution is 7.86. The standard InChI is InChI=1S/C20H29NO9S/c1-14(22)21-10-7-11-31(27,28)30-16(20(2,3)18(24)19(25)26)13-29-17(23)12-15-8-5-4-6-9-15/h4-6,8-9,16,18,24H,7,10-13H2,1-3H3,(H,21,22)(H,25,26)/t16?,18-/m0/s1. The van der Waals surface area contributed by atoms with Crippen LogP contribution in [-0.2, 0) is 39.8 Å². The van der Waals surface area contributed by atoms with Gasteiger partial charge in [0, 0.05) is 18.9 Å². The van der Waals surface area contributed by atoms with E-state index < -0.39 is 52.0 Å². The lowest BCUT2D eigenvalue weighted by Crippen LogP contribution is -2.49. The SMILES string of the molecule is CC(=O)NCCCS(=O)(=O)OC(COC(=O)Cc1ccccc1)C(C)(C)[C@@H](O)C(=O)O. The zero-order valence-electron chi connectivity index (χ0n) is 17.7. The van der Waals surface area contributed by atoms with Gasteiger partial charge in [-0.3, -0.25) is 13.8 Å². The third-order valence-electron chi connectivity index (χ3n) is 4.56. The average molecular weight is 460 g/mol. The summed E-state index contributed by atoms with van der Waals surface area (Å²) in [4.78, 5) is 34.3. The smallest absolute Gasteiger partial charge is 0.333 e. The highest BCUT2D eigenvalue weighted by atomic mass is 32.2. The first kappa shape index (κ1) is 26.5. The van der Waals surface area contributed by atoms with Crippen LogP contribution in [0.1, 0.15) is 32.8 Å². The molecule has 2 atom stereocenters. The lowest BCUT2D eigenvalue weighted by Gasteiger charge is -2.35. The number of esters is 1. The fourth-order valence-corrected chi connectivity index (χ4v) is 3.83. The minimum Gasteiger partial charge on any atom is -0.479 e. The van der Waals surface area contributed by atoms with Crippen LogP contribution in [0.5, 0.6) is 0 Å². The van der Waals surface area contributed by atoms with Gasteiger partial charge in [0.1, 0.15) is 12.7 Å². The number of hydrogen-bond donors (Lipinski definition) is 3. The summed E-state index contributed by atoms with van der Waals surface area (Å²) in [6.07, 6.45) is -3.44. The molecule has 0 fully saturated rings. The van der Waals surface area contributed by atoms with Gasteiger partial charge in [0.05, 0.1) is 12.2 Å². The maximum atomic E-state index is 12.4. The number of aliphatic carboxylic acids is 1. The molecule has 0 aliphatic rings. The van der Waals surface area contributed by atoms with Gasteiger partial charge in [0.25, 0.3) is 10.1 Å². The van der Waals surface area contributed by atoms with Gasteiger partial charge in [0.15, 0.2) is 6.10 Å². The lowest BCUT2D eigenvalue weighted by atomic mass is 9.81. The van der Waals surface area contributed by atoms with Crippen molar-refractivity contribution < 1.29 is 41.9 Å². The first-order valence-corrected chi connectivity index (χ1v) is 11.2. The Morgan fingerprint density at radius 1 is 1.16 bits per heavy atom. The molecule has 1 amide bonds. The topological polar surface area (TPSA) is 156 Å². The van der Waals surface area contributed by atoms with E-state index in [1.807, 2.05) is 0 Å². The van der Waals surface area contributed by atoms with Crippen LogP contribution in [0, 0.1) is 5.41 Å². The Morgan fingerprint density at radius 3 is 2.32 bits per heavy atom. The van der Waals surface area contributed by atoms with E-state index in [2.05, 4.69) is 5.32 Å². The van der Waals surface area contributed by atoms with E-state index >= 15 is 0 Å². The predicted molar refractivity (Wildman–Crippen MR) is 110 cm³/mol. The molecular weight excluding hydrogens is 430 g/mol. The molecule has 0 heterocycles. The normalized spacial score (nSPS) is 13.8. The van der Waals surface area contributed by atoms with Gasteiger partial charge in [-0.25, -0.2) is 4.79 Å². The quantitative estimate of drug-likeness (QED) is 0.217. The van der Waals surface area contributed by atoms with Crippen molar-refractivity contribution in [3.8, 4) is 0 Å². The van der Waals surface area contributed by atoms with Crippen LogP contribution in [0.2, 0.25) is 0 Å². The van der Waals surface area contributed by atoms with E-state index in [4.69, 9.17) is 14.0 Å².